The zero-order valence-electron chi connectivity index (χ0n) is 11.6. The average molecular weight is 268 g/mol. The smallest absolute Gasteiger partial charge is 0.305 e. The molecule has 3 N–H and O–H groups in total. The van der Waals surface area contributed by atoms with E-state index in [4.69, 9.17) is 5.11 Å². The largest absolute Gasteiger partial charge is 0.481 e. The van der Waals surface area contributed by atoms with Crippen LogP contribution in [0, 0.1) is 12.3 Å². The highest BCUT2D eigenvalue weighted by molar-refractivity contribution is 5.90. The molecule has 7 heteroatoms. The lowest BCUT2D eigenvalue weighted by Crippen LogP contribution is -2.39. The molecule has 19 heavy (non-hydrogen) atoms. The summed E-state index contributed by atoms with van der Waals surface area (Å²) in [6, 6.07) is -0.441. The number of hydrogen-bond donors (Lipinski definition) is 3. The van der Waals surface area contributed by atoms with Crippen molar-refractivity contribution in [2.75, 3.05) is 0 Å². The molecule has 1 heterocycles. The van der Waals surface area contributed by atoms with Gasteiger partial charge in [0.1, 0.15) is 5.82 Å². The number of carboxylic acid groups (broad SMARTS) is 1. The first kappa shape index (κ1) is 15.1. The number of aryl methyl sites for hydroxylation is 1. The van der Waals surface area contributed by atoms with Gasteiger partial charge >= 0.3 is 5.97 Å². The SMILES string of the molecule is Cc1nc(C(=O)NC(CC(=O)O)CC(C)(C)C)n[nH]1. The second-order valence-corrected chi connectivity index (χ2v) is 5.78. The van der Waals surface area contributed by atoms with Gasteiger partial charge in [-0.25, -0.2) is 4.98 Å². The lowest BCUT2D eigenvalue weighted by Gasteiger charge is -2.25. The highest BCUT2D eigenvalue weighted by Gasteiger charge is 2.24. The molecule has 0 aromatic carbocycles. The number of carboxylic acids is 1. The minimum Gasteiger partial charge on any atom is -0.481 e. The summed E-state index contributed by atoms with van der Waals surface area (Å²) in [5.41, 5.74) is -0.0810. The predicted octanol–water partition coefficient (Wildman–Crippen LogP) is 1.12. The molecule has 106 valence electrons. The number of nitrogens with zero attached hydrogens (tertiary/aromatic N) is 2. The zero-order chi connectivity index (χ0) is 14.6. The molecule has 0 aliphatic heterocycles. The molecule has 0 bridgehead atoms. The van der Waals surface area contributed by atoms with Crippen LogP contribution in [0.4, 0.5) is 0 Å². The molecule has 1 unspecified atom stereocenters. The summed E-state index contributed by atoms with van der Waals surface area (Å²) in [6.45, 7) is 7.66. The van der Waals surface area contributed by atoms with Crippen molar-refractivity contribution < 1.29 is 14.7 Å². The van der Waals surface area contributed by atoms with Gasteiger partial charge < -0.3 is 10.4 Å². The molecule has 1 amide bonds. The van der Waals surface area contributed by atoms with Crippen LogP contribution >= 0.6 is 0 Å². The number of carbonyl (C=O) groups excluding carboxylic acids is 1. The Morgan fingerprint density at radius 2 is 2.05 bits per heavy atom. The van der Waals surface area contributed by atoms with Crippen LogP contribution in [0.25, 0.3) is 0 Å². The van der Waals surface area contributed by atoms with Crippen LogP contribution in [0.2, 0.25) is 0 Å². The van der Waals surface area contributed by atoms with Crippen LogP contribution in [0.3, 0.4) is 0 Å². The minimum absolute atomic E-state index is 0.0294. The van der Waals surface area contributed by atoms with E-state index in [0.29, 0.717) is 12.2 Å². The van der Waals surface area contributed by atoms with E-state index in [1.165, 1.54) is 0 Å². The number of aromatic nitrogens is 3. The first-order valence-corrected chi connectivity index (χ1v) is 6.09. The number of rotatable bonds is 5. The normalized spacial score (nSPS) is 13.1. The fourth-order valence-electron chi connectivity index (χ4n) is 1.82. The molecule has 0 fully saturated rings. The van der Waals surface area contributed by atoms with E-state index < -0.39 is 17.9 Å². The van der Waals surface area contributed by atoms with Crippen molar-refractivity contribution in [2.45, 2.75) is 46.6 Å². The lowest BCUT2D eigenvalue weighted by atomic mass is 9.87. The van der Waals surface area contributed by atoms with Crippen molar-refractivity contribution in [2.24, 2.45) is 5.41 Å². The summed E-state index contributed by atoms with van der Waals surface area (Å²) >= 11 is 0. The van der Waals surface area contributed by atoms with Gasteiger partial charge in [0, 0.05) is 6.04 Å². The van der Waals surface area contributed by atoms with E-state index in [2.05, 4.69) is 20.5 Å². The van der Waals surface area contributed by atoms with Crippen molar-refractivity contribution in [1.29, 1.82) is 0 Å². The van der Waals surface area contributed by atoms with Crippen molar-refractivity contribution in [3.63, 3.8) is 0 Å². The Morgan fingerprint density at radius 1 is 1.42 bits per heavy atom. The summed E-state index contributed by atoms with van der Waals surface area (Å²) in [5.74, 6) is -0.835. The minimum atomic E-state index is -0.944. The molecular weight excluding hydrogens is 248 g/mol. The topological polar surface area (TPSA) is 108 Å². The molecule has 7 nitrogen and oxygen atoms in total. The van der Waals surface area contributed by atoms with E-state index in [9.17, 15) is 9.59 Å². The summed E-state index contributed by atoms with van der Waals surface area (Å²) < 4.78 is 0. The number of carbonyl (C=O) groups is 2. The van der Waals surface area contributed by atoms with Crippen molar-refractivity contribution in [3.05, 3.63) is 11.6 Å². The summed E-state index contributed by atoms with van der Waals surface area (Å²) in [5, 5.41) is 17.9. The Kier molecular flexibility index (Phi) is 4.63. The molecule has 1 atom stereocenters. The van der Waals surface area contributed by atoms with E-state index in [0.717, 1.165) is 0 Å². The van der Waals surface area contributed by atoms with Crippen molar-refractivity contribution >= 4 is 11.9 Å². The standard InChI is InChI=1S/C12H20N4O3/c1-7-13-10(16-15-7)11(19)14-8(5-9(17)18)6-12(2,3)4/h8H,5-6H2,1-4H3,(H,14,19)(H,17,18)(H,13,15,16). The predicted molar refractivity (Wildman–Crippen MR) is 68.7 cm³/mol. The number of H-pyrrole nitrogens is 1. The maximum absolute atomic E-state index is 11.9. The van der Waals surface area contributed by atoms with Gasteiger partial charge in [-0.15, -0.1) is 5.10 Å². The Labute approximate surface area is 111 Å². The molecule has 0 spiro atoms. The van der Waals surface area contributed by atoms with Gasteiger partial charge in [0.15, 0.2) is 0 Å². The molecule has 1 aromatic rings. The molecule has 0 saturated heterocycles. The van der Waals surface area contributed by atoms with E-state index in [-0.39, 0.29) is 17.7 Å². The highest BCUT2D eigenvalue weighted by atomic mass is 16.4. The van der Waals surface area contributed by atoms with Gasteiger partial charge in [-0.05, 0) is 18.8 Å². The molecule has 0 aliphatic rings. The Morgan fingerprint density at radius 3 is 2.47 bits per heavy atom. The van der Waals surface area contributed by atoms with Crippen molar-refractivity contribution in [1.82, 2.24) is 20.5 Å². The van der Waals surface area contributed by atoms with Gasteiger partial charge in [-0.3, -0.25) is 14.7 Å². The number of amides is 1. The molecular formula is C12H20N4O3. The van der Waals surface area contributed by atoms with Crippen LogP contribution in [0.15, 0.2) is 0 Å². The van der Waals surface area contributed by atoms with Gasteiger partial charge in [0.05, 0.1) is 6.42 Å². The highest BCUT2D eigenvalue weighted by Crippen LogP contribution is 2.22. The van der Waals surface area contributed by atoms with Crippen molar-refractivity contribution in [3.8, 4) is 0 Å². The first-order valence-electron chi connectivity index (χ1n) is 6.09. The Hall–Kier alpha value is -1.92. The molecule has 0 aliphatic carbocycles. The van der Waals surface area contributed by atoms with E-state index in [1.54, 1.807) is 6.92 Å². The zero-order valence-corrected chi connectivity index (χ0v) is 11.6. The first-order chi connectivity index (χ1) is 8.67. The molecule has 0 radical (unpaired) electrons. The van der Waals surface area contributed by atoms with Gasteiger partial charge in [-0.1, -0.05) is 20.8 Å². The van der Waals surface area contributed by atoms with Gasteiger partial charge in [-0.2, -0.15) is 0 Å². The second-order valence-electron chi connectivity index (χ2n) is 5.78. The van der Waals surface area contributed by atoms with Crippen LogP contribution in [-0.2, 0) is 4.79 Å². The molecule has 1 aromatic heterocycles. The summed E-state index contributed by atoms with van der Waals surface area (Å²) in [7, 11) is 0. The molecule has 1 rings (SSSR count). The number of nitrogens with one attached hydrogen (secondary N) is 2. The van der Waals surface area contributed by atoms with Crippen LogP contribution < -0.4 is 5.32 Å². The fourth-order valence-corrected chi connectivity index (χ4v) is 1.82. The summed E-state index contributed by atoms with van der Waals surface area (Å²) in [6.07, 6.45) is 0.445. The van der Waals surface area contributed by atoms with E-state index in [1.807, 2.05) is 20.8 Å². The third-order valence-corrected chi connectivity index (χ3v) is 2.42. The number of hydrogen-bond acceptors (Lipinski definition) is 4. The Balaban J connectivity index is 2.71. The van der Waals surface area contributed by atoms with Gasteiger partial charge in [0.25, 0.3) is 5.91 Å². The molecule has 0 saturated carbocycles. The maximum atomic E-state index is 11.9. The van der Waals surface area contributed by atoms with Gasteiger partial charge in [0.2, 0.25) is 5.82 Å². The number of aliphatic carboxylic acids is 1. The quantitative estimate of drug-likeness (QED) is 0.741. The van der Waals surface area contributed by atoms with Crippen LogP contribution in [0.5, 0.6) is 0 Å². The van der Waals surface area contributed by atoms with Crippen LogP contribution in [-0.4, -0.2) is 38.2 Å². The fraction of sp³-hybridized carbons (Fsp3) is 0.667. The second kappa shape index (κ2) is 5.81. The lowest BCUT2D eigenvalue weighted by molar-refractivity contribution is -0.137. The Bertz CT molecular complexity index is 462. The number of aromatic amines is 1. The third kappa shape index (κ3) is 5.50. The monoisotopic (exact) mass is 268 g/mol. The third-order valence-electron chi connectivity index (χ3n) is 2.42. The average Bonchev–Trinajstić information content (AvgIpc) is 2.60. The summed E-state index contributed by atoms with van der Waals surface area (Å²) in [4.78, 5) is 26.6. The van der Waals surface area contributed by atoms with Crippen LogP contribution in [0.1, 0.15) is 50.1 Å². The maximum Gasteiger partial charge on any atom is 0.305 e. The van der Waals surface area contributed by atoms with E-state index >= 15 is 0 Å².